The molecule has 0 bridgehead atoms. The van der Waals surface area contributed by atoms with Gasteiger partial charge in [-0.05, 0) is 112 Å². The van der Waals surface area contributed by atoms with Crippen molar-refractivity contribution in [3.63, 3.8) is 0 Å². The number of anilines is 2. The van der Waals surface area contributed by atoms with Gasteiger partial charge in [0.1, 0.15) is 16.8 Å². The van der Waals surface area contributed by atoms with Gasteiger partial charge in [-0.2, -0.15) is 0 Å². The predicted octanol–water partition coefficient (Wildman–Crippen LogP) is 4.02. The Hall–Kier alpha value is -3.85. The van der Waals surface area contributed by atoms with E-state index in [1.165, 1.54) is 12.1 Å². The van der Waals surface area contributed by atoms with E-state index in [1.54, 1.807) is 100 Å². The van der Waals surface area contributed by atoms with Gasteiger partial charge in [0, 0.05) is 11.4 Å². The number of nitrogen functional groups attached to an aromatic ring is 1. The normalized spacial score (nSPS) is 10.4. The van der Waals surface area contributed by atoms with E-state index in [1.807, 2.05) is 0 Å². The third kappa shape index (κ3) is 20.2. The Labute approximate surface area is 291 Å². The minimum Gasteiger partial charge on any atom is -0.870 e. The molecule has 0 saturated heterocycles. The van der Waals surface area contributed by atoms with Gasteiger partial charge in [0.2, 0.25) is 0 Å². The van der Waals surface area contributed by atoms with Crippen molar-refractivity contribution in [1.82, 2.24) is 0 Å². The largest absolute Gasteiger partial charge is 1.00 e. The predicted molar refractivity (Wildman–Crippen MR) is 166 cm³/mol. The fourth-order valence-electron chi connectivity index (χ4n) is 2.91. The van der Waals surface area contributed by atoms with E-state index in [9.17, 15) is 24.0 Å². The number of benzene rings is 2. The van der Waals surface area contributed by atoms with Crippen molar-refractivity contribution in [3.8, 4) is 0 Å². The Kier molecular flexibility index (Phi) is 19.9. The Balaban J connectivity index is -0.000000606. The molecule has 0 aliphatic carbocycles. The van der Waals surface area contributed by atoms with E-state index in [-0.39, 0.29) is 46.2 Å². The van der Waals surface area contributed by atoms with E-state index in [2.05, 4.69) is 10.1 Å². The number of ether oxygens (including phenoxy) is 4. The third-order valence-corrected chi connectivity index (χ3v) is 4.75. The van der Waals surface area contributed by atoms with E-state index in [4.69, 9.17) is 30.2 Å². The van der Waals surface area contributed by atoms with Crippen LogP contribution in [-0.4, -0.2) is 62.8 Å². The summed E-state index contributed by atoms with van der Waals surface area (Å²) in [5.41, 5.74) is 6.01. The summed E-state index contributed by atoms with van der Waals surface area (Å²) in [5, 5.41) is 20.1. The molecule has 0 aliphatic heterocycles. The minimum atomic E-state index is -1.06. The second-order valence-electron chi connectivity index (χ2n) is 12.3. The molecule has 0 unspecified atom stereocenters. The van der Waals surface area contributed by atoms with Crippen LogP contribution in [0.2, 0.25) is 0 Å². The number of amides is 1. The molecule has 2 rings (SSSR count). The van der Waals surface area contributed by atoms with Gasteiger partial charge in [0.25, 0.3) is 0 Å². The third-order valence-electron chi connectivity index (χ3n) is 4.75. The summed E-state index contributed by atoms with van der Waals surface area (Å²) in [4.78, 5) is 55.1. The van der Waals surface area contributed by atoms with Crippen LogP contribution in [0.25, 0.3) is 0 Å². The summed E-state index contributed by atoms with van der Waals surface area (Å²) in [6, 6.07) is 9.54. The maximum Gasteiger partial charge on any atom is 1.00 e. The maximum atomic E-state index is 11.6. The van der Waals surface area contributed by atoms with Crippen LogP contribution in [0.15, 0.2) is 36.4 Å². The molecule has 0 aromatic heterocycles. The molecular formula is C31H45N2NaO12. The van der Waals surface area contributed by atoms with Gasteiger partial charge in [0.05, 0.1) is 11.1 Å². The van der Waals surface area contributed by atoms with Crippen LogP contribution in [-0.2, 0) is 18.9 Å². The van der Waals surface area contributed by atoms with Crippen LogP contribution in [0, 0.1) is 13.8 Å². The molecule has 15 heteroatoms. The number of hydrogen-bond donors (Lipinski definition) is 4. The van der Waals surface area contributed by atoms with Crippen molar-refractivity contribution < 1.29 is 88.2 Å². The average Bonchev–Trinajstić information content (AvgIpc) is 2.79. The van der Waals surface area contributed by atoms with Crippen molar-refractivity contribution in [3.05, 3.63) is 58.7 Å². The zero-order valence-corrected chi connectivity index (χ0v) is 30.6. The van der Waals surface area contributed by atoms with Gasteiger partial charge in [0.15, 0.2) is 0 Å². The summed E-state index contributed by atoms with van der Waals surface area (Å²) in [7, 11) is 0. The first-order chi connectivity index (χ1) is 19.8. The van der Waals surface area contributed by atoms with Crippen molar-refractivity contribution >= 4 is 41.7 Å². The van der Waals surface area contributed by atoms with Crippen LogP contribution in [0.1, 0.15) is 94.2 Å². The molecule has 0 atom stereocenters. The van der Waals surface area contributed by atoms with E-state index in [0.717, 1.165) is 0 Å². The fourth-order valence-corrected chi connectivity index (χ4v) is 2.91. The number of hydrogen-bond acceptors (Lipinski definition) is 11. The summed E-state index contributed by atoms with van der Waals surface area (Å²) < 4.78 is 18.9. The summed E-state index contributed by atoms with van der Waals surface area (Å²) in [5.74, 6) is -1.96. The summed E-state index contributed by atoms with van der Waals surface area (Å²) in [6.07, 6.45) is -2.72. The number of rotatable bonds is 3. The standard InChI is InChI=1S/C13H17NO4.C10H18O5.C8H9NO2.Na.H2O/c1-8-9(11(15)16)6-5-7-10(8)14-12(17)18-13(2,3)4;1-9(2,3)14-7(11)13-8(12)15-10(4,5)6;1-5-6(8(10)11)3-2-4-7(5)9;;/h5-7H,1-4H3,(H,14,17)(H,15,16);1-6H3;2-4H,9H2,1H3,(H,10,11);;1H2/q;;;+1;/p-1. The average molecular weight is 661 g/mol. The van der Waals surface area contributed by atoms with Crippen LogP contribution in [0.4, 0.5) is 25.8 Å². The van der Waals surface area contributed by atoms with Crippen LogP contribution in [0.5, 0.6) is 0 Å². The zero-order chi connectivity index (χ0) is 34.6. The van der Waals surface area contributed by atoms with Crippen molar-refractivity contribution in [2.45, 2.75) is 93.0 Å². The Morgan fingerprint density at radius 3 is 1.37 bits per heavy atom. The molecule has 0 spiro atoms. The van der Waals surface area contributed by atoms with Crippen LogP contribution < -0.4 is 40.6 Å². The molecule has 6 N–H and O–H groups in total. The molecule has 252 valence electrons. The number of carbonyl (C=O) groups is 5. The van der Waals surface area contributed by atoms with Crippen molar-refractivity contribution in [1.29, 1.82) is 0 Å². The van der Waals surface area contributed by atoms with E-state index < -0.39 is 47.1 Å². The molecule has 0 radical (unpaired) electrons. The number of aromatic carboxylic acids is 2. The Morgan fingerprint density at radius 2 is 1.02 bits per heavy atom. The van der Waals surface area contributed by atoms with Gasteiger partial charge in [-0.1, -0.05) is 12.1 Å². The molecule has 14 nitrogen and oxygen atoms in total. The number of carbonyl (C=O) groups excluding carboxylic acids is 3. The Bertz CT molecular complexity index is 1310. The number of carboxylic acid groups (broad SMARTS) is 2. The molecule has 2 aromatic rings. The topological polar surface area (TPSA) is 231 Å². The van der Waals surface area contributed by atoms with E-state index >= 15 is 0 Å². The second-order valence-corrected chi connectivity index (χ2v) is 12.3. The van der Waals surface area contributed by atoms with Gasteiger partial charge in [-0.15, -0.1) is 0 Å². The molecule has 46 heavy (non-hydrogen) atoms. The zero-order valence-electron chi connectivity index (χ0n) is 28.6. The summed E-state index contributed by atoms with van der Waals surface area (Å²) in [6.45, 7) is 18.6. The fraction of sp³-hybridized carbons (Fsp3) is 0.452. The van der Waals surface area contributed by atoms with Crippen molar-refractivity contribution in [2.75, 3.05) is 11.1 Å². The molecular weight excluding hydrogens is 615 g/mol. The van der Waals surface area contributed by atoms with Gasteiger partial charge < -0.3 is 40.4 Å². The van der Waals surface area contributed by atoms with Crippen molar-refractivity contribution in [2.24, 2.45) is 0 Å². The van der Waals surface area contributed by atoms with E-state index in [0.29, 0.717) is 22.5 Å². The minimum absolute atomic E-state index is 0. The van der Waals surface area contributed by atoms with Crippen LogP contribution in [0.3, 0.4) is 0 Å². The molecule has 0 heterocycles. The van der Waals surface area contributed by atoms with Gasteiger partial charge in [-0.25, -0.2) is 24.0 Å². The quantitative estimate of drug-likeness (QED) is 0.120. The maximum absolute atomic E-state index is 11.6. The number of nitrogens with one attached hydrogen (secondary N) is 1. The molecule has 1 amide bonds. The van der Waals surface area contributed by atoms with Crippen LogP contribution >= 0.6 is 0 Å². The number of carboxylic acids is 2. The SMILES string of the molecule is CC(C)(C)OC(=O)OC(=O)OC(C)(C)C.Cc1c(N)cccc1C(=O)O.Cc1c(NC(=O)OC(C)(C)C)cccc1C(=O)O.[Na+].[OH-]. The van der Waals surface area contributed by atoms with Gasteiger partial charge in [-0.3, -0.25) is 5.32 Å². The first kappa shape index (κ1) is 46.6. The monoisotopic (exact) mass is 660 g/mol. The molecule has 2 aromatic carbocycles. The molecule has 0 aliphatic rings. The first-order valence-electron chi connectivity index (χ1n) is 13.4. The smallest absolute Gasteiger partial charge is 0.870 e. The molecule has 0 saturated carbocycles. The first-order valence-corrected chi connectivity index (χ1v) is 13.4. The molecule has 0 fully saturated rings. The number of nitrogens with two attached hydrogens (primary N) is 1. The second kappa shape index (κ2) is 19.6. The Morgan fingerprint density at radius 1 is 0.652 bits per heavy atom. The summed E-state index contributed by atoms with van der Waals surface area (Å²) >= 11 is 0. The van der Waals surface area contributed by atoms with Gasteiger partial charge >= 0.3 is 59.9 Å².